The molecule has 23 heavy (non-hydrogen) atoms. The number of nitrogens with zero attached hydrogens (tertiary/aromatic N) is 4. The highest BCUT2D eigenvalue weighted by Gasteiger charge is 2.17. The van der Waals surface area contributed by atoms with Crippen LogP contribution in [0.3, 0.4) is 0 Å². The van der Waals surface area contributed by atoms with Crippen LogP contribution in [0, 0.1) is 10.1 Å². The smallest absolute Gasteiger partial charge is 0.305 e. The lowest BCUT2D eigenvalue weighted by molar-refractivity contribution is -0.385. The Balaban J connectivity index is 2.22. The summed E-state index contributed by atoms with van der Waals surface area (Å²) in [4.78, 5) is 19.7. The first-order chi connectivity index (χ1) is 10.7. The minimum atomic E-state index is -3.73. The number of sulfonamides is 1. The van der Waals surface area contributed by atoms with E-state index < -0.39 is 14.9 Å². The van der Waals surface area contributed by atoms with Crippen molar-refractivity contribution < 1.29 is 13.3 Å². The van der Waals surface area contributed by atoms with E-state index in [4.69, 9.17) is 5.14 Å². The molecule has 1 aromatic heterocycles. The van der Waals surface area contributed by atoms with Gasteiger partial charge in [0.15, 0.2) is 0 Å². The second-order valence-electron chi connectivity index (χ2n) is 4.90. The van der Waals surface area contributed by atoms with Crippen molar-refractivity contribution in [2.24, 2.45) is 5.14 Å². The number of hydrogen-bond donors (Lipinski definition) is 1. The molecule has 122 valence electrons. The molecule has 0 amide bonds. The van der Waals surface area contributed by atoms with E-state index in [0.29, 0.717) is 5.95 Å². The van der Waals surface area contributed by atoms with Gasteiger partial charge in [-0.25, -0.2) is 23.5 Å². The van der Waals surface area contributed by atoms with E-state index in [1.807, 2.05) is 6.92 Å². The molecule has 0 aliphatic carbocycles. The van der Waals surface area contributed by atoms with E-state index in [1.165, 1.54) is 12.1 Å². The largest absolute Gasteiger partial charge is 0.337 e. The van der Waals surface area contributed by atoms with Gasteiger partial charge in [0.05, 0.1) is 15.9 Å². The van der Waals surface area contributed by atoms with Crippen molar-refractivity contribution in [2.45, 2.75) is 17.9 Å². The molecule has 9 nitrogen and oxygen atoms in total. The van der Waals surface area contributed by atoms with E-state index in [2.05, 4.69) is 9.97 Å². The van der Waals surface area contributed by atoms with Crippen molar-refractivity contribution in [3.05, 3.63) is 52.3 Å². The number of nitrogens with two attached hydrogens (primary N) is 1. The highest BCUT2D eigenvalue weighted by Crippen LogP contribution is 2.24. The Hall–Kier alpha value is -2.59. The number of primary sulfonamides is 1. The van der Waals surface area contributed by atoms with E-state index in [-0.39, 0.29) is 16.6 Å². The number of hydrogen-bond acceptors (Lipinski definition) is 7. The highest BCUT2D eigenvalue weighted by atomic mass is 32.2. The summed E-state index contributed by atoms with van der Waals surface area (Å²) < 4.78 is 22.5. The van der Waals surface area contributed by atoms with Crippen LogP contribution in [0.2, 0.25) is 0 Å². The molecule has 2 N–H and O–H groups in total. The minimum Gasteiger partial charge on any atom is -0.337 e. The molecule has 10 heteroatoms. The van der Waals surface area contributed by atoms with Crippen LogP contribution in [0.4, 0.5) is 11.6 Å². The standard InChI is InChI=1S/C13H15N5O4S/c1-9(10-3-5-12(6-4-10)23(14,21)22)17(2)13-15-7-11(8-16-13)18(19)20/h3-9H,1-2H3,(H2,14,21,22). The zero-order valence-electron chi connectivity index (χ0n) is 12.4. The number of rotatable bonds is 5. The first-order valence-electron chi connectivity index (χ1n) is 6.52. The van der Waals surface area contributed by atoms with Gasteiger partial charge >= 0.3 is 5.69 Å². The maximum atomic E-state index is 11.2. The average Bonchev–Trinajstić information content (AvgIpc) is 2.53. The van der Waals surface area contributed by atoms with Crippen molar-refractivity contribution in [1.82, 2.24) is 9.97 Å². The van der Waals surface area contributed by atoms with Crippen LogP contribution in [0.25, 0.3) is 0 Å². The summed E-state index contributed by atoms with van der Waals surface area (Å²) in [5, 5.41) is 15.7. The second-order valence-corrected chi connectivity index (χ2v) is 6.46. The Morgan fingerprint density at radius 3 is 2.17 bits per heavy atom. The zero-order valence-corrected chi connectivity index (χ0v) is 13.3. The molecule has 0 saturated heterocycles. The number of nitro groups is 1. The molecule has 0 fully saturated rings. The minimum absolute atomic E-state index is 0.0303. The Morgan fingerprint density at radius 2 is 1.74 bits per heavy atom. The molecule has 1 unspecified atom stereocenters. The molecule has 1 atom stereocenters. The topological polar surface area (TPSA) is 132 Å². The number of aromatic nitrogens is 2. The normalized spacial score (nSPS) is 12.7. The quantitative estimate of drug-likeness (QED) is 0.641. The van der Waals surface area contributed by atoms with E-state index >= 15 is 0 Å². The molecule has 0 radical (unpaired) electrons. The molecule has 2 rings (SSSR count). The highest BCUT2D eigenvalue weighted by molar-refractivity contribution is 7.89. The first-order valence-corrected chi connectivity index (χ1v) is 8.07. The Bertz CT molecular complexity index is 805. The molecule has 2 aromatic rings. The predicted octanol–water partition coefficient (Wildman–Crippen LogP) is 1.23. The van der Waals surface area contributed by atoms with E-state index in [1.54, 1.807) is 24.1 Å². The van der Waals surface area contributed by atoms with Crippen molar-refractivity contribution in [1.29, 1.82) is 0 Å². The molecule has 0 bridgehead atoms. The van der Waals surface area contributed by atoms with Crippen LogP contribution in [0.5, 0.6) is 0 Å². The fraction of sp³-hybridized carbons (Fsp3) is 0.231. The summed E-state index contributed by atoms with van der Waals surface area (Å²) in [6.07, 6.45) is 2.27. The van der Waals surface area contributed by atoms with Crippen LogP contribution in [0.1, 0.15) is 18.5 Å². The third-order valence-electron chi connectivity index (χ3n) is 3.42. The van der Waals surface area contributed by atoms with Crippen molar-refractivity contribution in [2.75, 3.05) is 11.9 Å². The summed E-state index contributed by atoms with van der Waals surface area (Å²) >= 11 is 0. The van der Waals surface area contributed by atoms with Crippen molar-refractivity contribution in [3.8, 4) is 0 Å². The molecular weight excluding hydrogens is 322 g/mol. The molecular formula is C13H15N5O4S. The third-order valence-corrected chi connectivity index (χ3v) is 4.35. The summed E-state index contributed by atoms with van der Waals surface area (Å²) in [6, 6.07) is 5.96. The van der Waals surface area contributed by atoms with Crippen LogP contribution in [0.15, 0.2) is 41.6 Å². The lowest BCUT2D eigenvalue weighted by atomic mass is 10.1. The number of anilines is 1. The number of benzene rings is 1. The summed E-state index contributed by atoms with van der Waals surface area (Å²) in [6.45, 7) is 1.87. The fourth-order valence-electron chi connectivity index (χ4n) is 1.92. The van der Waals surface area contributed by atoms with Gasteiger partial charge in [-0.2, -0.15) is 0 Å². The monoisotopic (exact) mass is 337 g/mol. The Kier molecular flexibility index (Phi) is 4.57. The van der Waals surface area contributed by atoms with Crippen molar-refractivity contribution in [3.63, 3.8) is 0 Å². The second kappa shape index (κ2) is 6.26. The van der Waals surface area contributed by atoms with Crippen LogP contribution < -0.4 is 10.0 Å². The molecule has 0 aliphatic heterocycles. The average molecular weight is 337 g/mol. The van der Waals surface area contributed by atoms with Gasteiger partial charge in [-0.3, -0.25) is 10.1 Å². The Morgan fingerprint density at radius 1 is 1.22 bits per heavy atom. The fourth-order valence-corrected chi connectivity index (χ4v) is 2.44. The lowest BCUT2D eigenvalue weighted by Gasteiger charge is -2.25. The van der Waals surface area contributed by atoms with Gasteiger partial charge in [0.25, 0.3) is 0 Å². The molecule has 1 aromatic carbocycles. The van der Waals surface area contributed by atoms with Gasteiger partial charge in [0.2, 0.25) is 16.0 Å². The molecule has 0 aliphatic rings. The van der Waals surface area contributed by atoms with Crippen molar-refractivity contribution >= 4 is 21.7 Å². The zero-order chi connectivity index (χ0) is 17.2. The van der Waals surface area contributed by atoms with Crippen LogP contribution >= 0.6 is 0 Å². The van der Waals surface area contributed by atoms with Gasteiger partial charge in [-0.15, -0.1) is 0 Å². The maximum Gasteiger partial charge on any atom is 0.305 e. The van der Waals surface area contributed by atoms with E-state index in [0.717, 1.165) is 18.0 Å². The molecule has 0 spiro atoms. The SMILES string of the molecule is CC(c1ccc(S(N)(=O)=O)cc1)N(C)c1ncc([N+](=O)[O-])cn1. The first kappa shape index (κ1) is 16.8. The summed E-state index contributed by atoms with van der Waals surface area (Å²) in [5.74, 6) is 0.318. The van der Waals surface area contributed by atoms with Gasteiger partial charge in [-0.05, 0) is 24.6 Å². The van der Waals surface area contributed by atoms with Crippen LogP contribution in [-0.2, 0) is 10.0 Å². The summed E-state index contributed by atoms with van der Waals surface area (Å²) in [7, 11) is -2.00. The maximum absolute atomic E-state index is 11.2. The van der Waals surface area contributed by atoms with Gasteiger partial charge < -0.3 is 4.90 Å². The van der Waals surface area contributed by atoms with Gasteiger partial charge in [0, 0.05) is 7.05 Å². The van der Waals surface area contributed by atoms with Gasteiger partial charge in [0.1, 0.15) is 12.4 Å². The van der Waals surface area contributed by atoms with Gasteiger partial charge in [-0.1, -0.05) is 12.1 Å². The van der Waals surface area contributed by atoms with Crippen LogP contribution in [-0.4, -0.2) is 30.4 Å². The Labute approximate surface area is 133 Å². The third kappa shape index (κ3) is 3.79. The molecule has 0 saturated carbocycles. The summed E-state index contributed by atoms with van der Waals surface area (Å²) in [5.41, 5.74) is 0.633. The lowest BCUT2D eigenvalue weighted by Crippen LogP contribution is -2.23. The van der Waals surface area contributed by atoms with E-state index in [9.17, 15) is 18.5 Å². The predicted molar refractivity (Wildman–Crippen MR) is 83.3 cm³/mol. The molecule has 1 heterocycles.